The number of ketones is 1. The molecule has 0 saturated heterocycles. The second-order valence-corrected chi connectivity index (χ2v) is 6.03. The van der Waals surface area contributed by atoms with E-state index in [2.05, 4.69) is 13.8 Å². The van der Waals surface area contributed by atoms with Crippen LogP contribution in [0.1, 0.15) is 24.2 Å². The summed E-state index contributed by atoms with van der Waals surface area (Å²) in [5.41, 5.74) is 0.341. The number of Topliss-reactive ketones (excluding diaryl/α,β-unsaturated/α-hetero) is 1. The van der Waals surface area contributed by atoms with E-state index in [0.717, 1.165) is 0 Å². The summed E-state index contributed by atoms with van der Waals surface area (Å²) >= 11 is 1.65. The van der Waals surface area contributed by atoms with Crippen LogP contribution in [0.15, 0.2) is 24.3 Å². The summed E-state index contributed by atoms with van der Waals surface area (Å²) in [6.45, 7) is 3.71. The zero-order chi connectivity index (χ0) is 14.3. The number of thioether (sulfide) groups is 1. The van der Waals surface area contributed by atoms with Crippen molar-refractivity contribution in [2.24, 2.45) is 0 Å². The van der Waals surface area contributed by atoms with Crippen LogP contribution in [0.3, 0.4) is 0 Å². The number of hydrogen-bond acceptors (Lipinski definition) is 5. The smallest absolute Gasteiger partial charge is 0.191 e. The van der Waals surface area contributed by atoms with E-state index in [1.807, 2.05) is 0 Å². The minimum absolute atomic E-state index is 0.134. The van der Waals surface area contributed by atoms with Gasteiger partial charge in [-0.2, -0.15) is 11.8 Å². The van der Waals surface area contributed by atoms with Crippen LogP contribution in [-0.2, 0) is 0 Å². The fourth-order valence-electron chi connectivity index (χ4n) is 1.45. The van der Waals surface area contributed by atoms with Crippen molar-refractivity contribution in [1.82, 2.24) is 0 Å². The van der Waals surface area contributed by atoms with E-state index in [0.29, 0.717) is 22.3 Å². The van der Waals surface area contributed by atoms with Crippen LogP contribution in [0.4, 0.5) is 0 Å². The molecule has 0 heterocycles. The van der Waals surface area contributed by atoms with Crippen LogP contribution in [0.2, 0.25) is 0 Å². The van der Waals surface area contributed by atoms with E-state index in [1.54, 1.807) is 36.0 Å². The number of benzene rings is 1. The van der Waals surface area contributed by atoms with Crippen molar-refractivity contribution in [2.75, 3.05) is 19.0 Å². The second-order valence-electron chi connectivity index (χ2n) is 4.42. The quantitative estimate of drug-likeness (QED) is 0.712. The molecule has 0 fully saturated rings. The number of carbonyl (C=O) groups excluding carboxylic acids is 1. The van der Waals surface area contributed by atoms with Gasteiger partial charge >= 0.3 is 0 Å². The Balaban J connectivity index is 2.55. The molecule has 1 aromatic rings. The van der Waals surface area contributed by atoms with Gasteiger partial charge in [0.05, 0.1) is 11.7 Å². The maximum atomic E-state index is 11.5. The lowest BCUT2D eigenvalue weighted by molar-refractivity contribution is 0.0891. The first kappa shape index (κ1) is 16.0. The number of carbonyl (C=O) groups is 1. The molecule has 106 valence electrons. The number of aliphatic hydroxyl groups excluding tert-OH is 2. The van der Waals surface area contributed by atoms with E-state index in [9.17, 15) is 9.90 Å². The average Bonchev–Trinajstić information content (AvgIpc) is 2.42. The van der Waals surface area contributed by atoms with Gasteiger partial charge in [0.2, 0.25) is 0 Å². The van der Waals surface area contributed by atoms with Gasteiger partial charge < -0.3 is 14.9 Å². The minimum atomic E-state index is -0.579. The van der Waals surface area contributed by atoms with Gasteiger partial charge in [0, 0.05) is 5.75 Å². The van der Waals surface area contributed by atoms with E-state index < -0.39 is 12.7 Å². The molecule has 0 amide bonds. The topological polar surface area (TPSA) is 66.8 Å². The summed E-state index contributed by atoms with van der Waals surface area (Å²) in [4.78, 5) is 11.5. The molecular weight excluding hydrogens is 264 g/mol. The van der Waals surface area contributed by atoms with E-state index in [1.165, 1.54) is 0 Å². The SMILES string of the molecule is CC(C)SCC(O)COc1ccccc1C(=O)CO. The van der Waals surface area contributed by atoms with Crippen molar-refractivity contribution in [3.05, 3.63) is 29.8 Å². The predicted octanol–water partition coefficient (Wildman–Crippen LogP) is 1.74. The molecule has 0 aromatic heterocycles. The van der Waals surface area contributed by atoms with Crippen LogP contribution < -0.4 is 4.74 Å². The Morgan fingerprint density at radius 3 is 2.68 bits per heavy atom. The van der Waals surface area contributed by atoms with Crippen LogP contribution in [0.25, 0.3) is 0 Å². The minimum Gasteiger partial charge on any atom is -0.490 e. The number of ether oxygens (including phenoxy) is 1. The van der Waals surface area contributed by atoms with E-state index in [4.69, 9.17) is 9.84 Å². The van der Waals surface area contributed by atoms with Crippen LogP contribution >= 0.6 is 11.8 Å². The first-order valence-corrected chi connectivity index (χ1v) is 7.25. The van der Waals surface area contributed by atoms with Gasteiger partial charge in [-0.05, 0) is 17.4 Å². The van der Waals surface area contributed by atoms with E-state index in [-0.39, 0.29) is 12.4 Å². The molecule has 19 heavy (non-hydrogen) atoms. The normalized spacial score (nSPS) is 12.5. The standard InChI is InChI=1S/C14H20O4S/c1-10(2)19-9-11(16)8-18-14-6-4-3-5-12(14)13(17)7-15/h3-6,10-11,15-16H,7-9H2,1-2H3. The lowest BCUT2D eigenvalue weighted by Crippen LogP contribution is -2.21. The third-order valence-electron chi connectivity index (χ3n) is 2.38. The van der Waals surface area contributed by atoms with Gasteiger partial charge in [-0.15, -0.1) is 0 Å². The molecule has 0 aliphatic rings. The van der Waals surface area contributed by atoms with Gasteiger partial charge in [-0.1, -0.05) is 26.0 Å². The van der Waals surface area contributed by atoms with Gasteiger partial charge in [-0.3, -0.25) is 4.79 Å². The number of para-hydroxylation sites is 1. The highest BCUT2D eigenvalue weighted by Crippen LogP contribution is 2.19. The zero-order valence-electron chi connectivity index (χ0n) is 11.2. The molecule has 5 heteroatoms. The molecule has 4 nitrogen and oxygen atoms in total. The monoisotopic (exact) mass is 284 g/mol. The van der Waals surface area contributed by atoms with Crippen molar-refractivity contribution in [1.29, 1.82) is 0 Å². The predicted molar refractivity (Wildman–Crippen MR) is 77.0 cm³/mol. The molecule has 1 aromatic carbocycles. The maximum absolute atomic E-state index is 11.5. The molecule has 0 aliphatic carbocycles. The molecule has 1 atom stereocenters. The molecule has 0 spiro atoms. The van der Waals surface area contributed by atoms with Gasteiger partial charge in [0.1, 0.15) is 19.0 Å². The van der Waals surface area contributed by atoms with Gasteiger partial charge in [0.15, 0.2) is 5.78 Å². The molecular formula is C14H20O4S. The van der Waals surface area contributed by atoms with E-state index >= 15 is 0 Å². The Bertz CT molecular complexity index is 406. The Kier molecular flexibility index (Phi) is 6.91. The lowest BCUT2D eigenvalue weighted by atomic mass is 10.1. The van der Waals surface area contributed by atoms with Gasteiger partial charge in [0.25, 0.3) is 0 Å². The van der Waals surface area contributed by atoms with Crippen LogP contribution in [-0.4, -0.2) is 46.3 Å². The first-order valence-electron chi connectivity index (χ1n) is 6.20. The molecule has 1 unspecified atom stereocenters. The Morgan fingerprint density at radius 2 is 2.05 bits per heavy atom. The van der Waals surface area contributed by atoms with Crippen molar-refractivity contribution in [3.8, 4) is 5.75 Å². The largest absolute Gasteiger partial charge is 0.490 e. The van der Waals surface area contributed by atoms with Crippen molar-refractivity contribution >= 4 is 17.5 Å². The number of hydrogen-bond donors (Lipinski definition) is 2. The Hall–Kier alpha value is -1.04. The summed E-state index contributed by atoms with van der Waals surface area (Å²) < 4.78 is 5.46. The molecule has 0 radical (unpaired) electrons. The summed E-state index contributed by atoms with van der Waals surface area (Å²) in [5, 5.41) is 19.1. The Labute approximate surface area is 117 Å². The molecule has 1 rings (SSSR count). The van der Waals surface area contributed by atoms with Crippen molar-refractivity contribution in [3.63, 3.8) is 0 Å². The molecule has 0 saturated carbocycles. The fourth-order valence-corrected chi connectivity index (χ4v) is 2.15. The average molecular weight is 284 g/mol. The number of aliphatic hydroxyl groups is 2. The van der Waals surface area contributed by atoms with Crippen LogP contribution in [0.5, 0.6) is 5.75 Å². The highest BCUT2D eigenvalue weighted by molar-refractivity contribution is 7.99. The third kappa shape index (κ3) is 5.63. The Morgan fingerprint density at radius 1 is 1.37 bits per heavy atom. The summed E-state index contributed by atoms with van der Waals surface area (Å²) in [6.07, 6.45) is -0.579. The second kappa shape index (κ2) is 8.19. The molecule has 0 aliphatic heterocycles. The first-order chi connectivity index (χ1) is 9.04. The highest BCUT2D eigenvalue weighted by atomic mass is 32.2. The summed E-state index contributed by atoms with van der Waals surface area (Å²) in [7, 11) is 0. The maximum Gasteiger partial charge on any atom is 0.191 e. The fraction of sp³-hybridized carbons (Fsp3) is 0.500. The molecule has 0 bridgehead atoms. The highest BCUT2D eigenvalue weighted by Gasteiger charge is 2.13. The third-order valence-corrected chi connectivity index (χ3v) is 3.63. The zero-order valence-corrected chi connectivity index (χ0v) is 12.0. The van der Waals surface area contributed by atoms with Crippen molar-refractivity contribution < 1.29 is 19.7 Å². The van der Waals surface area contributed by atoms with Crippen LogP contribution in [0, 0.1) is 0 Å². The van der Waals surface area contributed by atoms with Gasteiger partial charge in [-0.25, -0.2) is 0 Å². The molecule has 2 N–H and O–H groups in total. The summed E-state index contributed by atoms with van der Waals surface area (Å²) in [6, 6.07) is 6.72. The summed E-state index contributed by atoms with van der Waals surface area (Å²) in [5.74, 6) is 0.602. The number of rotatable bonds is 8. The lowest BCUT2D eigenvalue weighted by Gasteiger charge is -2.15. The van der Waals surface area contributed by atoms with Crippen molar-refractivity contribution in [2.45, 2.75) is 25.2 Å².